The molecule has 1 amide bonds. The summed E-state index contributed by atoms with van der Waals surface area (Å²) in [5, 5.41) is 11.8. The first-order valence-corrected chi connectivity index (χ1v) is 10.5. The monoisotopic (exact) mass is 413 g/mol. The molecule has 6 heteroatoms. The second-order valence-corrected chi connectivity index (χ2v) is 7.78. The fourth-order valence-corrected chi connectivity index (χ4v) is 3.84. The number of aromatic amines is 1. The van der Waals surface area contributed by atoms with Crippen LogP contribution in [0, 0.1) is 13.8 Å². The zero-order valence-corrected chi connectivity index (χ0v) is 18.2. The number of rotatable bonds is 7. The van der Waals surface area contributed by atoms with Gasteiger partial charge in [-0.2, -0.15) is 10.2 Å². The molecule has 0 aliphatic carbocycles. The van der Waals surface area contributed by atoms with Crippen LogP contribution in [-0.4, -0.2) is 37.3 Å². The molecular weight excluding hydrogens is 386 g/mol. The van der Waals surface area contributed by atoms with E-state index < -0.39 is 0 Å². The first kappa shape index (κ1) is 20.6. The molecule has 0 radical (unpaired) electrons. The zero-order valence-electron chi connectivity index (χ0n) is 18.2. The number of amides is 1. The highest BCUT2D eigenvalue weighted by atomic mass is 16.2. The van der Waals surface area contributed by atoms with Gasteiger partial charge in [0.1, 0.15) is 5.69 Å². The summed E-state index contributed by atoms with van der Waals surface area (Å²) in [4.78, 5) is 15.3. The van der Waals surface area contributed by atoms with Crippen LogP contribution < -0.4 is 0 Å². The summed E-state index contributed by atoms with van der Waals surface area (Å²) in [5.41, 5.74) is 6.43. The average molecular weight is 414 g/mol. The fraction of sp³-hybridized carbons (Fsp3) is 0.240. The highest BCUT2D eigenvalue weighted by molar-refractivity contribution is 5.93. The van der Waals surface area contributed by atoms with Crippen molar-refractivity contribution in [3.05, 3.63) is 94.9 Å². The number of aromatic nitrogens is 4. The lowest BCUT2D eigenvalue weighted by Crippen LogP contribution is -2.32. The van der Waals surface area contributed by atoms with E-state index >= 15 is 0 Å². The van der Waals surface area contributed by atoms with Crippen LogP contribution in [0.1, 0.15) is 33.0 Å². The minimum absolute atomic E-state index is 0.0577. The fourth-order valence-electron chi connectivity index (χ4n) is 3.84. The molecule has 6 nitrogen and oxygen atoms in total. The summed E-state index contributed by atoms with van der Waals surface area (Å²) in [6, 6.07) is 22.1. The molecule has 0 aliphatic heterocycles. The molecule has 0 fully saturated rings. The van der Waals surface area contributed by atoms with Crippen LogP contribution in [0.5, 0.6) is 0 Å². The number of hydrogen-bond acceptors (Lipinski definition) is 3. The van der Waals surface area contributed by atoms with Crippen molar-refractivity contribution in [1.29, 1.82) is 0 Å². The maximum Gasteiger partial charge on any atom is 0.272 e. The van der Waals surface area contributed by atoms with Gasteiger partial charge in [0.05, 0.1) is 11.4 Å². The van der Waals surface area contributed by atoms with Crippen LogP contribution in [0.2, 0.25) is 0 Å². The Balaban J connectivity index is 1.58. The summed E-state index contributed by atoms with van der Waals surface area (Å²) >= 11 is 0. The number of H-pyrrole nitrogens is 1. The van der Waals surface area contributed by atoms with Gasteiger partial charge in [0.25, 0.3) is 5.91 Å². The molecule has 0 aliphatic rings. The van der Waals surface area contributed by atoms with Gasteiger partial charge in [-0.1, -0.05) is 60.7 Å². The van der Waals surface area contributed by atoms with E-state index in [2.05, 4.69) is 27.4 Å². The normalized spacial score (nSPS) is 10.9. The van der Waals surface area contributed by atoms with E-state index in [4.69, 9.17) is 0 Å². The summed E-state index contributed by atoms with van der Waals surface area (Å²) in [5.74, 6) is -0.0577. The molecule has 4 aromatic rings. The highest BCUT2D eigenvalue weighted by Gasteiger charge is 2.21. The summed E-state index contributed by atoms with van der Waals surface area (Å²) in [7, 11) is 1.91. The van der Waals surface area contributed by atoms with Gasteiger partial charge in [-0.25, -0.2) is 0 Å². The van der Waals surface area contributed by atoms with Crippen molar-refractivity contribution >= 4 is 5.91 Å². The van der Waals surface area contributed by atoms with E-state index in [1.54, 1.807) is 0 Å². The number of hydrogen-bond donors (Lipinski definition) is 1. The zero-order chi connectivity index (χ0) is 21.8. The molecule has 1 N–H and O–H groups in total. The van der Waals surface area contributed by atoms with Gasteiger partial charge in [-0.3, -0.25) is 14.6 Å². The lowest BCUT2D eigenvalue weighted by atomic mass is 10.1. The number of benzene rings is 2. The van der Waals surface area contributed by atoms with Crippen LogP contribution in [0.15, 0.2) is 66.7 Å². The Morgan fingerprint density at radius 3 is 2.26 bits per heavy atom. The van der Waals surface area contributed by atoms with Gasteiger partial charge in [0.2, 0.25) is 0 Å². The minimum atomic E-state index is -0.0577. The highest BCUT2D eigenvalue weighted by Crippen LogP contribution is 2.25. The predicted octanol–water partition coefficient (Wildman–Crippen LogP) is 4.31. The Labute approximate surface area is 182 Å². The Morgan fingerprint density at radius 2 is 1.65 bits per heavy atom. The van der Waals surface area contributed by atoms with Gasteiger partial charge in [-0.05, 0) is 37.5 Å². The average Bonchev–Trinajstić information content (AvgIpc) is 3.36. The van der Waals surface area contributed by atoms with E-state index in [1.165, 1.54) is 5.56 Å². The largest absolute Gasteiger partial charge is 0.333 e. The molecule has 2 aromatic heterocycles. The SMILES string of the molecule is Cc1nn(C)c(C)c1-c1cc(C(=O)N(CCc2ccccc2)Cc2ccccc2)[nH]n1. The van der Waals surface area contributed by atoms with Crippen molar-refractivity contribution < 1.29 is 4.79 Å². The van der Waals surface area contributed by atoms with Gasteiger partial charge in [0.15, 0.2) is 0 Å². The molecule has 0 saturated carbocycles. The van der Waals surface area contributed by atoms with E-state index in [0.717, 1.165) is 34.6 Å². The van der Waals surface area contributed by atoms with Crippen molar-refractivity contribution in [1.82, 2.24) is 24.9 Å². The predicted molar refractivity (Wildman–Crippen MR) is 122 cm³/mol. The lowest BCUT2D eigenvalue weighted by Gasteiger charge is -2.22. The first-order valence-electron chi connectivity index (χ1n) is 10.5. The summed E-state index contributed by atoms with van der Waals surface area (Å²) in [6.45, 7) is 5.13. The Bertz CT molecular complexity index is 1160. The van der Waals surface area contributed by atoms with E-state index in [-0.39, 0.29) is 5.91 Å². The van der Waals surface area contributed by atoms with Gasteiger partial charge in [-0.15, -0.1) is 0 Å². The molecule has 2 aromatic carbocycles. The third-order valence-electron chi connectivity index (χ3n) is 5.59. The number of nitrogens with one attached hydrogen (secondary N) is 1. The standard InChI is InChI=1S/C25H27N5O/c1-18-24(19(2)29(3)28-18)22-16-23(27-26-22)25(31)30(17-21-12-8-5-9-13-21)15-14-20-10-6-4-7-11-20/h4-13,16H,14-15,17H2,1-3H3,(H,26,27). The van der Waals surface area contributed by atoms with Gasteiger partial charge in [0, 0.05) is 31.4 Å². The van der Waals surface area contributed by atoms with Crippen molar-refractivity contribution in [2.24, 2.45) is 7.05 Å². The van der Waals surface area contributed by atoms with E-state index in [1.807, 2.05) is 85.1 Å². The topological polar surface area (TPSA) is 66.8 Å². The summed E-state index contributed by atoms with van der Waals surface area (Å²) < 4.78 is 1.84. The van der Waals surface area contributed by atoms with Crippen molar-refractivity contribution in [2.45, 2.75) is 26.8 Å². The van der Waals surface area contributed by atoms with Gasteiger partial charge >= 0.3 is 0 Å². The minimum Gasteiger partial charge on any atom is -0.333 e. The lowest BCUT2D eigenvalue weighted by molar-refractivity contribution is 0.0739. The first-order chi connectivity index (χ1) is 15.0. The molecule has 0 atom stereocenters. The Kier molecular flexibility index (Phi) is 5.98. The van der Waals surface area contributed by atoms with Crippen molar-refractivity contribution in [2.75, 3.05) is 6.54 Å². The smallest absolute Gasteiger partial charge is 0.272 e. The van der Waals surface area contributed by atoms with Crippen molar-refractivity contribution in [3.8, 4) is 11.3 Å². The quantitative estimate of drug-likeness (QED) is 0.491. The molecule has 0 unspecified atom stereocenters. The van der Waals surface area contributed by atoms with Crippen LogP contribution in [0.4, 0.5) is 0 Å². The molecule has 0 spiro atoms. The van der Waals surface area contributed by atoms with Crippen LogP contribution in [0.3, 0.4) is 0 Å². The Hall–Kier alpha value is -3.67. The molecule has 4 rings (SSSR count). The van der Waals surface area contributed by atoms with Crippen LogP contribution in [0.25, 0.3) is 11.3 Å². The molecule has 0 saturated heterocycles. The van der Waals surface area contributed by atoms with Gasteiger partial charge < -0.3 is 4.90 Å². The maximum absolute atomic E-state index is 13.4. The molecular formula is C25H27N5O. The van der Waals surface area contributed by atoms with Crippen LogP contribution in [-0.2, 0) is 20.0 Å². The molecule has 31 heavy (non-hydrogen) atoms. The maximum atomic E-state index is 13.4. The molecule has 158 valence electrons. The van der Waals surface area contributed by atoms with Crippen molar-refractivity contribution in [3.63, 3.8) is 0 Å². The third-order valence-corrected chi connectivity index (χ3v) is 5.59. The third kappa shape index (κ3) is 4.58. The molecule has 0 bridgehead atoms. The van der Waals surface area contributed by atoms with E-state index in [0.29, 0.717) is 18.8 Å². The number of carbonyl (C=O) groups is 1. The second-order valence-electron chi connectivity index (χ2n) is 7.78. The number of nitrogens with zero attached hydrogens (tertiary/aromatic N) is 4. The second kappa shape index (κ2) is 9.00. The summed E-state index contributed by atoms with van der Waals surface area (Å²) in [6.07, 6.45) is 0.793. The number of carbonyl (C=O) groups excluding carboxylic acids is 1. The van der Waals surface area contributed by atoms with E-state index in [9.17, 15) is 4.79 Å². The van der Waals surface area contributed by atoms with Crippen LogP contribution >= 0.6 is 0 Å². The number of aryl methyl sites for hydroxylation is 2. The molecule has 2 heterocycles. The Morgan fingerprint density at radius 1 is 1.00 bits per heavy atom.